The molecule has 1 aliphatic rings. The van der Waals surface area contributed by atoms with Crippen LogP contribution in [-0.4, -0.2) is 18.5 Å². The van der Waals surface area contributed by atoms with E-state index in [4.69, 9.17) is 21.1 Å². The average Bonchev–Trinajstić information content (AvgIpc) is 3.07. The van der Waals surface area contributed by atoms with E-state index < -0.39 is 11.9 Å². The fourth-order valence-electron chi connectivity index (χ4n) is 3.35. The van der Waals surface area contributed by atoms with Crippen molar-refractivity contribution in [3.63, 3.8) is 0 Å². The van der Waals surface area contributed by atoms with Gasteiger partial charge in [-0.15, -0.1) is 0 Å². The number of urea groups is 1. The molecule has 0 spiro atoms. The Morgan fingerprint density at radius 2 is 1.76 bits per heavy atom. The van der Waals surface area contributed by atoms with Crippen LogP contribution in [0.15, 0.2) is 72.4 Å². The molecular formula is C25H20ClIN2O4. The molecule has 1 heterocycles. The van der Waals surface area contributed by atoms with E-state index in [2.05, 4.69) is 27.9 Å². The molecule has 0 atom stereocenters. The highest BCUT2D eigenvalue weighted by Gasteiger charge is 2.34. The number of hydrogen-bond donors (Lipinski definition) is 1. The number of amides is 3. The van der Waals surface area contributed by atoms with Gasteiger partial charge in [0.2, 0.25) is 0 Å². The Hall–Kier alpha value is -3.04. The van der Waals surface area contributed by atoms with Gasteiger partial charge in [-0.3, -0.25) is 4.79 Å². The maximum absolute atomic E-state index is 12.9. The first-order valence-electron chi connectivity index (χ1n) is 10.2. The summed E-state index contributed by atoms with van der Waals surface area (Å²) in [7, 11) is 0. The summed E-state index contributed by atoms with van der Waals surface area (Å²) in [6, 6.07) is 19.4. The monoisotopic (exact) mass is 574 g/mol. The van der Waals surface area contributed by atoms with Gasteiger partial charge in [-0.2, -0.15) is 0 Å². The summed E-state index contributed by atoms with van der Waals surface area (Å²) in [6.07, 6.45) is 1.63. The maximum Gasteiger partial charge on any atom is 0.333 e. The number of carbonyl (C=O) groups is 2. The first-order valence-corrected chi connectivity index (χ1v) is 11.7. The molecule has 168 valence electrons. The van der Waals surface area contributed by atoms with Gasteiger partial charge < -0.3 is 14.8 Å². The zero-order valence-electron chi connectivity index (χ0n) is 17.7. The van der Waals surface area contributed by atoms with Crippen molar-refractivity contribution in [2.75, 3.05) is 11.5 Å². The number of ether oxygens (including phenoxy) is 2. The molecule has 0 aliphatic carbocycles. The Bertz CT molecular complexity index is 1230. The van der Waals surface area contributed by atoms with Crippen molar-refractivity contribution in [2.24, 2.45) is 0 Å². The predicted molar refractivity (Wildman–Crippen MR) is 137 cm³/mol. The van der Waals surface area contributed by atoms with Gasteiger partial charge in [0.05, 0.1) is 15.9 Å². The molecule has 1 fully saturated rings. The first kappa shape index (κ1) is 23.1. The molecule has 3 aromatic rings. The van der Waals surface area contributed by atoms with E-state index in [0.717, 1.165) is 14.0 Å². The van der Waals surface area contributed by atoms with Crippen molar-refractivity contribution in [3.8, 4) is 11.5 Å². The van der Waals surface area contributed by atoms with Crippen LogP contribution in [0, 0.1) is 3.57 Å². The van der Waals surface area contributed by atoms with Gasteiger partial charge in [0.15, 0.2) is 11.5 Å². The summed E-state index contributed by atoms with van der Waals surface area (Å²) >= 11 is 8.40. The van der Waals surface area contributed by atoms with Crippen LogP contribution >= 0.6 is 34.2 Å². The highest BCUT2D eigenvalue weighted by Crippen LogP contribution is 2.36. The van der Waals surface area contributed by atoms with Crippen LogP contribution in [0.1, 0.15) is 18.1 Å². The van der Waals surface area contributed by atoms with Crippen LogP contribution in [0.25, 0.3) is 6.08 Å². The number of benzene rings is 3. The third kappa shape index (κ3) is 5.15. The number of rotatable bonds is 7. The van der Waals surface area contributed by atoms with E-state index in [1.807, 2.05) is 43.3 Å². The highest BCUT2D eigenvalue weighted by molar-refractivity contribution is 14.1. The Labute approximate surface area is 210 Å². The fourth-order valence-corrected chi connectivity index (χ4v) is 4.32. The molecule has 1 N–H and O–H groups in total. The van der Waals surface area contributed by atoms with Crippen LogP contribution in [0.4, 0.5) is 10.5 Å². The van der Waals surface area contributed by atoms with E-state index in [9.17, 15) is 9.59 Å². The molecule has 8 heteroatoms. The van der Waals surface area contributed by atoms with Crippen molar-refractivity contribution in [3.05, 3.63) is 92.1 Å². The van der Waals surface area contributed by atoms with E-state index in [1.165, 1.54) is 0 Å². The van der Waals surface area contributed by atoms with Gasteiger partial charge in [-0.05, 0) is 71.5 Å². The quantitative estimate of drug-likeness (QED) is 0.213. The lowest BCUT2D eigenvalue weighted by molar-refractivity contribution is -0.113. The number of halogens is 2. The summed E-state index contributed by atoms with van der Waals surface area (Å²) in [4.78, 5) is 26.4. The third-order valence-electron chi connectivity index (χ3n) is 4.87. The molecule has 0 unspecified atom stereocenters. The number of imide groups is 1. The Morgan fingerprint density at radius 3 is 2.48 bits per heavy atom. The second kappa shape index (κ2) is 10.3. The Morgan fingerprint density at radius 1 is 1.03 bits per heavy atom. The van der Waals surface area contributed by atoms with Crippen molar-refractivity contribution < 1.29 is 19.1 Å². The summed E-state index contributed by atoms with van der Waals surface area (Å²) in [5, 5.41) is 3.28. The highest BCUT2D eigenvalue weighted by atomic mass is 127. The van der Waals surface area contributed by atoms with Crippen molar-refractivity contribution in [1.82, 2.24) is 5.32 Å². The number of para-hydroxylation sites is 1. The number of carbonyl (C=O) groups excluding carboxylic acids is 2. The number of nitrogens with zero attached hydrogens (tertiary/aromatic N) is 1. The van der Waals surface area contributed by atoms with Gasteiger partial charge in [0.1, 0.15) is 12.3 Å². The maximum atomic E-state index is 12.9. The van der Waals surface area contributed by atoms with Gasteiger partial charge >= 0.3 is 6.03 Å². The van der Waals surface area contributed by atoms with Crippen LogP contribution in [-0.2, 0) is 11.4 Å². The van der Waals surface area contributed by atoms with Gasteiger partial charge in [-0.1, -0.05) is 48.0 Å². The Kier molecular flexibility index (Phi) is 7.20. The minimum atomic E-state index is -0.489. The first-order chi connectivity index (χ1) is 16.0. The lowest BCUT2D eigenvalue weighted by atomic mass is 10.1. The predicted octanol–water partition coefficient (Wildman–Crippen LogP) is 6.02. The van der Waals surface area contributed by atoms with Crippen molar-refractivity contribution in [2.45, 2.75) is 13.5 Å². The minimum Gasteiger partial charge on any atom is -0.490 e. The standard InChI is InChI=1S/C25H20ClIN2O4/c1-2-32-22-14-16(12-20(27)23(22)33-15-17-8-6-7-11-19(17)26)13-21-24(30)29(25(31)28-21)18-9-4-3-5-10-18/h3-14H,2,15H2,1H3,(H,28,31)/b21-13+. The second-order valence-corrected chi connectivity index (χ2v) is 8.68. The molecular weight excluding hydrogens is 555 g/mol. The molecule has 1 aliphatic heterocycles. The van der Waals surface area contributed by atoms with E-state index >= 15 is 0 Å². The second-order valence-electron chi connectivity index (χ2n) is 7.11. The van der Waals surface area contributed by atoms with E-state index in [0.29, 0.717) is 34.4 Å². The SMILES string of the molecule is CCOc1cc(/C=C2/NC(=O)N(c3ccccc3)C2=O)cc(I)c1OCc1ccccc1Cl. The topological polar surface area (TPSA) is 67.9 Å². The normalized spacial score (nSPS) is 14.5. The van der Waals surface area contributed by atoms with Crippen LogP contribution in [0.2, 0.25) is 5.02 Å². The van der Waals surface area contributed by atoms with Gasteiger partial charge in [-0.25, -0.2) is 9.69 Å². The lowest BCUT2D eigenvalue weighted by Crippen LogP contribution is -2.30. The number of hydrogen-bond acceptors (Lipinski definition) is 4. The van der Waals surface area contributed by atoms with E-state index in [-0.39, 0.29) is 12.3 Å². The molecule has 0 radical (unpaired) electrons. The summed E-state index contributed by atoms with van der Waals surface area (Å²) in [5.41, 5.74) is 2.26. The zero-order valence-corrected chi connectivity index (χ0v) is 20.6. The molecule has 33 heavy (non-hydrogen) atoms. The summed E-state index contributed by atoms with van der Waals surface area (Å²) < 4.78 is 12.6. The molecule has 1 saturated heterocycles. The van der Waals surface area contributed by atoms with Crippen LogP contribution < -0.4 is 19.7 Å². The minimum absolute atomic E-state index is 0.187. The molecule has 4 rings (SSSR count). The number of nitrogens with one attached hydrogen (secondary N) is 1. The molecule has 0 bridgehead atoms. The smallest absolute Gasteiger partial charge is 0.333 e. The van der Waals surface area contributed by atoms with Crippen LogP contribution in [0.5, 0.6) is 11.5 Å². The molecule has 6 nitrogen and oxygen atoms in total. The van der Waals surface area contributed by atoms with Gasteiger partial charge in [0, 0.05) is 10.6 Å². The largest absolute Gasteiger partial charge is 0.490 e. The molecule has 0 saturated carbocycles. The summed E-state index contributed by atoms with van der Waals surface area (Å²) in [6.45, 7) is 2.61. The molecule has 3 aromatic carbocycles. The third-order valence-corrected chi connectivity index (χ3v) is 6.04. The molecule has 3 amide bonds. The Balaban J connectivity index is 1.61. The van der Waals surface area contributed by atoms with E-state index in [1.54, 1.807) is 36.4 Å². The van der Waals surface area contributed by atoms with Crippen molar-refractivity contribution in [1.29, 1.82) is 0 Å². The lowest BCUT2D eigenvalue weighted by Gasteiger charge is -2.15. The molecule has 0 aromatic heterocycles. The zero-order chi connectivity index (χ0) is 23.4. The average molecular weight is 575 g/mol. The number of anilines is 1. The summed E-state index contributed by atoms with van der Waals surface area (Å²) in [5.74, 6) is 0.713. The fraction of sp³-hybridized carbons (Fsp3) is 0.120. The van der Waals surface area contributed by atoms with Crippen LogP contribution in [0.3, 0.4) is 0 Å². The van der Waals surface area contributed by atoms with Crippen molar-refractivity contribution >= 4 is 57.9 Å². The van der Waals surface area contributed by atoms with Gasteiger partial charge in [0.25, 0.3) is 5.91 Å².